The van der Waals surface area contributed by atoms with Crippen LogP contribution in [0, 0.1) is 5.92 Å². The average Bonchev–Trinajstić information content (AvgIpc) is 3.43. The SMILES string of the molecule is O=C1C(=Cc2c(N3CCC(Cc4ccccc4)CC3)nc3ccccn3c2=O)SC(=S)N1C1CCS(=O)(=O)C1. The molecule has 2 aromatic heterocycles. The summed E-state index contributed by atoms with van der Waals surface area (Å²) in [4.78, 5) is 35.9. The predicted molar refractivity (Wildman–Crippen MR) is 159 cm³/mol. The molecule has 0 aliphatic carbocycles. The fraction of sp³-hybridized carbons (Fsp3) is 0.357. The second kappa shape index (κ2) is 10.5. The summed E-state index contributed by atoms with van der Waals surface area (Å²) in [5, 5.41) is 0. The number of fused-ring (bicyclic) bond motifs is 1. The lowest BCUT2D eigenvalue weighted by Gasteiger charge is -2.33. The highest BCUT2D eigenvalue weighted by Gasteiger charge is 2.42. The number of hydrogen-bond donors (Lipinski definition) is 0. The molecule has 0 bridgehead atoms. The molecule has 3 aromatic rings. The maximum absolute atomic E-state index is 13.7. The molecule has 8 nitrogen and oxygen atoms in total. The lowest BCUT2D eigenvalue weighted by Crippen LogP contribution is -2.39. The number of pyridine rings is 1. The molecule has 3 aliphatic heterocycles. The van der Waals surface area contributed by atoms with Crippen LogP contribution in [0.25, 0.3) is 11.7 Å². The first-order valence-corrected chi connectivity index (χ1v) is 16.1. The predicted octanol–water partition coefficient (Wildman–Crippen LogP) is 3.54. The highest BCUT2D eigenvalue weighted by Crippen LogP contribution is 2.37. The Morgan fingerprint density at radius 1 is 1.03 bits per heavy atom. The number of sulfone groups is 1. The summed E-state index contributed by atoms with van der Waals surface area (Å²) in [6.45, 7) is 1.52. The van der Waals surface area contributed by atoms with Crippen molar-refractivity contribution in [3.05, 3.63) is 81.1 Å². The number of nitrogens with zero attached hydrogens (tertiary/aromatic N) is 4. The Kier molecular flexibility index (Phi) is 7.07. The zero-order valence-electron chi connectivity index (χ0n) is 21.2. The Labute approximate surface area is 236 Å². The van der Waals surface area contributed by atoms with Crippen LogP contribution in [0.5, 0.6) is 0 Å². The van der Waals surface area contributed by atoms with Crippen LogP contribution in [0.2, 0.25) is 0 Å². The molecule has 1 unspecified atom stereocenters. The van der Waals surface area contributed by atoms with Crippen molar-refractivity contribution in [2.24, 2.45) is 5.92 Å². The van der Waals surface area contributed by atoms with E-state index in [1.54, 1.807) is 24.4 Å². The normalized spacial score (nSPS) is 22.9. The van der Waals surface area contributed by atoms with E-state index in [2.05, 4.69) is 29.2 Å². The van der Waals surface area contributed by atoms with Crippen molar-refractivity contribution in [2.45, 2.75) is 31.7 Å². The minimum absolute atomic E-state index is 0.0497. The molecular weight excluding hydrogens is 553 g/mol. The van der Waals surface area contributed by atoms with E-state index in [-0.39, 0.29) is 23.0 Å². The van der Waals surface area contributed by atoms with E-state index in [0.29, 0.717) is 38.6 Å². The number of thioether (sulfide) groups is 1. The molecule has 202 valence electrons. The van der Waals surface area contributed by atoms with Crippen molar-refractivity contribution >= 4 is 61.6 Å². The van der Waals surface area contributed by atoms with Gasteiger partial charge in [-0.1, -0.05) is 60.4 Å². The number of amides is 1. The zero-order valence-corrected chi connectivity index (χ0v) is 23.7. The minimum Gasteiger partial charge on any atom is -0.356 e. The summed E-state index contributed by atoms with van der Waals surface area (Å²) in [6.07, 6.45) is 6.61. The molecule has 0 saturated carbocycles. The number of piperidine rings is 1. The van der Waals surface area contributed by atoms with Gasteiger partial charge in [0.15, 0.2) is 9.84 Å². The molecule has 5 heterocycles. The first kappa shape index (κ1) is 26.2. The molecule has 3 saturated heterocycles. The van der Waals surface area contributed by atoms with Gasteiger partial charge in [0, 0.05) is 19.3 Å². The van der Waals surface area contributed by atoms with Gasteiger partial charge in [-0.15, -0.1) is 0 Å². The zero-order chi connectivity index (χ0) is 27.1. The van der Waals surface area contributed by atoms with Crippen LogP contribution in [-0.2, 0) is 21.1 Å². The van der Waals surface area contributed by atoms with Gasteiger partial charge in [-0.2, -0.15) is 0 Å². The topological polar surface area (TPSA) is 92.1 Å². The molecule has 0 N–H and O–H groups in total. The Balaban J connectivity index is 1.31. The molecule has 1 atom stereocenters. The van der Waals surface area contributed by atoms with Crippen molar-refractivity contribution in [1.82, 2.24) is 14.3 Å². The Morgan fingerprint density at radius 3 is 2.49 bits per heavy atom. The number of thiocarbonyl (C=S) groups is 1. The molecule has 0 radical (unpaired) electrons. The maximum Gasteiger partial charge on any atom is 0.267 e. The summed E-state index contributed by atoms with van der Waals surface area (Å²) < 4.78 is 25.9. The molecule has 3 fully saturated rings. The van der Waals surface area contributed by atoms with E-state index in [0.717, 1.165) is 44.1 Å². The summed E-state index contributed by atoms with van der Waals surface area (Å²) in [7, 11) is -3.19. The van der Waals surface area contributed by atoms with Crippen LogP contribution >= 0.6 is 24.0 Å². The third-order valence-electron chi connectivity index (χ3n) is 7.70. The van der Waals surface area contributed by atoms with Crippen LogP contribution in [0.1, 0.15) is 30.4 Å². The van der Waals surface area contributed by atoms with Crippen LogP contribution in [0.15, 0.2) is 64.4 Å². The fourth-order valence-corrected chi connectivity index (χ4v) is 8.74. The third-order valence-corrected chi connectivity index (χ3v) is 10.8. The summed E-state index contributed by atoms with van der Waals surface area (Å²) in [5.74, 6) is 0.729. The molecule has 0 spiro atoms. The first-order valence-electron chi connectivity index (χ1n) is 13.1. The van der Waals surface area contributed by atoms with Gasteiger partial charge in [0.05, 0.1) is 28.0 Å². The monoisotopic (exact) mass is 580 g/mol. The standard InChI is InChI=1S/C28H28N4O4S3/c33-26-22(17-23-27(34)32(28(37)38-23)21-11-15-39(35,36)18-21)25(29-24-8-4-5-12-31(24)26)30-13-9-20(10-14-30)16-19-6-2-1-3-7-19/h1-8,12,17,20-21H,9-11,13-16,18H2. The van der Waals surface area contributed by atoms with Gasteiger partial charge in [-0.3, -0.25) is 18.9 Å². The average molecular weight is 581 g/mol. The number of hydrogen-bond acceptors (Lipinski definition) is 8. The van der Waals surface area contributed by atoms with Gasteiger partial charge < -0.3 is 4.90 Å². The lowest BCUT2D eigenvalue weighted by atomic mass is 9.90. The number of carbonyl (C=O) groups excluding carboxylic acids is 1. The van der Waals surface area contributed by atoms with Gasteiger partial charge in [0.25, 0.3) is 11.5 Å². The Morgan fingerprint density at radius 2 is 1.77 bits per heavy atom. The fourth-order valence-electron chi connectivity index (χ4n) is 5.66. The van der Waals surface area contributed by atoms with Gasteiger partial charge in [0.2, 0.25) is 0 Å². The lowest BCUT2D eigenvalue weighted by molar-refractivity contribution is -0.123. The summed E-state index contributed by atoms with van der Waals surface area (Å²) >= 11 is 6.59. The quantitative estimate of drug-likeness (QED) is 0.334. The molecule has 39 heavy (non-hydrogen) atoms. The van der Waals surface area contributed by atoms with Crippen LogP contribution in [0.4, 0.5) is 5.82 Å². The van der Waals surface area contributed by atoms with Crippen LogP contribution in [0.3, 0.4) is 0 Å². The van der Waals surface area contributed by atoms with Gasteiger partial charge in [-0.25, -0.2) is 13.4 Å². The van der Waals surface area contributed by atoms with Gasteiger partial charge >= 0.3 is 0 Å². The van der Waals surface area contributed by atoms with E-state index in [9.17, 15) is 18.0 Å². The third kappa shape index (κ3) is 5.27. The van der Waals surface area contributed by atoms with E-state index >= 15 is 0 Å². The molecule has 3 aliphatic rings. The first-order chi connectivity index (χ1) is 18.8. The number of rotatable bonds is 5. The second-order valence-electron chi connectivity index (χ2n) is 10.3. The molecule has 11 heteroatoms. The number of aromatic nitrogens is 2. The smallest absolute Gasteiger partial charge is 0.267 e. The van der Waals surface area contributed by atoms with Gasteiger partial charge in [0.1, 0.15) is 15.8 Å². The van der Waals surface area contributed by atoms with E-state index < -0.39 is 15.9 Å². The van der Waals surface area contributed by atoms with E-state index in [1.165, 1.54) is 14.9 Å². The second-order valence-corrected chi connectivity index (χ2v) is 14.2. The summed E-state index contributed by atoms with van der Waals surface area (Å²) in [5.41, 5.74) is 1.97. The van der Waals surface area contributed by atoms with Crippen molar-refractivity contribution < 1.29 is 13.2 Å². The number of benzene rings is 1. The summed E-state index contributed by atoms with van der Waals surface area (Å²) in [6, 6.07) is 15.4. The van der Waals surface area contributed by atoms with Crippen molar-refractivity contribution in [3.63, 3.8) is 0 Å². The molecule has 6 rings (SSSR count). The van der Waals surface area contributed by atoms with Crippen LogP contribution < -0.4 is 10.5 Å². The van der Waals surface area contributed by atoms with Crippen molar-refractivity contribution in [1.29, 1.82) is 0 Å². The number of anilines is 1. The maximum atomic E-state index is 13.7. The van der Waals surface area contributed by atoms with Crippen molar-refractivity contribution in [3.8, 4) is 0 Å². The number of carbonyl (C=O) groups is 1. The Hall–Kier alpha value is -3.02. The van der Waals surface area contributed by atoms with Gasteiger partial charge in [-0.05, 0) is 55.4 Å². The molecule has 1 amide bonds. The van der Waals surface area contributed by atoms with E-state index in [4.69, 9.17) is 17.2 Å². The Bertz CT molecular complexity index is 1640. The largest absolute Gasteiger partial charge is 0.356 e. The highest BCUT2D eigenvalue weighted by molar-refractivity contribution is 8.26. The van der Waals surface area contributed by atoms with Crippen LogP contribution in [-0.4, -0.2) is 63.6 Å². The van der Waals surface area contributed by atoms with Crippen molar-refractivity contribution in [2.75, 3.05) is 29.5 Å². The minimum atomic E-state index is -3.19. The van der Waals surface area contributed by atoms with E-state index in [1.807, 2.05) is 12.1 Å². The molecule has 1 aromatic carbocycles. The highest BCUT2D eigenvalue weighted by atomic mass is 32.2. The molecular formula is C28H28N4O4S3.